The monoisotopic (exact) mass is 533 g/mol. The van der Waals surface area contributed by atoms with E-state index < -0.39 is 0 Å². The molecule has 0 unspecified atom stereocenters. The number of carbonyl (C=O) groups is 2. The Morgan fingerprint density at radius 3 is 2.13 bits per heavy atom. The molecule has 7 heteroatoms. The smallest absolute Gasteiger partial charge is 0.305 e. The van der Waals surface area contributed by atoms with Crippen LogP contribution < -0.4 is 14.2 Å². The predicted molar refractivity (Wildman–Crippen MR) is 151 cm³/mol. The van der Waals surface area contributed by atoms with E-state index in [1.54, 1.807) is 12.0 Å². The fourth-order valence-corrected chi connectivity index (χ4v) is 3.99. The van der Waals surface area contributed by atoms with E-state index in [0.717, 1.165) is 36.1 Å². The first-order chi connectivity index (χ1) is 19.0. The molecule has 208 valence electrons. The number of carbonyl (C=O) groups excluding carboxylic acids is 2. The van der Waals surface area contributed by atoms with Crippen molar-refractivity contribution in [3.8, 4) is 17.2 Å². The summed E-state index contributed by atoms with van der Waals surface area (Å²) in [7, 11) is 4.84. The van der Waals surface area contributed by atoms with E-state index in [2.05, 4.69) is 12.1 Å². The lowest BCUT2D eigenvalue weighted by Crippen LogP contribution is -2.30. The van der Waals surface area contributed by atoms with Gasteiger partial charge in [0.05, 0.1) is 33.9 Å². The van der Waals surface area contributed by atoms with E-state index in [1.807, 2.05) is 67.7 Å². The summed E-state index contributed by atoms with van der Waals surface area (Å²) in [5.41, 5.74) is 3.19. The molecule has 0 fully saturated rings. The van der Waals surface area contributed by atoms with Crippen LogP contribution in [0.4, 0.5) is 0 Å². The molecule has 0 aliphatic rings. The van der Waals surface area contributed by atoms with Crippen molar-refractivity contribution in [1.82, 2.24) is 4.90 Å². The lowest BCUT2D eigenvalue weighted by molar-refractivity contribution is -0.140. The van der Waals surface area contributed by atoms with Crippen LogP contribution >= 0.6 is 0 Å². The number of unbranched alkanes of at least 4 members (excludes halogenated alkanes) is 1. The first kappa shape index (κ1) is 29.6. The molecule has 3 aromatic rings. The normalized spacial score (nSPS) is 10.5. The highest BCUT2D eigenvalue weighted by Crippen LogP contribution is 2.29. The van der Waals surface area contributed by atoms with Gasteiger partial charge in [0, 0.05) is 20.0 Å². The van der Waals surface area contributed by atoms with Crippen molar-refractivity contribution in [2.75, 3.05) is 41.0 Å². The Hall–Kier alpha value is -4.00. The number of aryl methyl sites for hydroxylation is 1. The van der Waals surface area contributed by atoms with Crippen LogP contribution in [0, 0.1) is 0 Å². The lowest BCUT2D eigenvalue weighted by Gasteiger charge is -2.17. The molecule has 0 atom stereocenters. The summed E-state index contributed by atoms with van der Waals surface area (Å²) >= 11 is 0. The molecule has 3 rings (SSSR count). The van der Waals surface area contributed by atoms with Gasteiger partial charge in [-0.1, -0.05) is 48.5 Å². The Morgan fingerprint density at radius 2 is 1.44 bits per heavy atom. The van der Waals surface area contributed by atoms with E-state index in [1.165, 1.54) is 12.7 Å². The van der Waals surface area contributed by atoms with E-state index in [4.69, 9.17) is 18.9 Å². The first-order valence-corrected chi connectivity index (χ1v) is 13.3. The van der Waals surface area contributed by atoms with Gasteiger partial charge in [-0.25, -0.2) is 0 Å². The van der Waals surface area contributed by atoms with Crippen LogP contribution in [0.3, 0.4) is 0 Å². The standard InChI is InChI=1S/C32H39NO6/c1-33(20-19-25-9-5-4-6-10-25)31(34)24-27-11-15-28(16-12-27)38-21-7-8-22-39-29-17-13-26(23-30(29)36-2)14-18-32(35)37-3/h4-6,9-13,15-17,23H,7-8,14,18-22,24H2,1-3H3. The van der Waals surface area contributed by atoms with Gasteiger partial charge < -0.3 is 23.8 Å². The highest BCUT2D eigenvalue weighted by atomic mass is 16.5. The SMILES string of the molecule is COC(=O)CCc1ccc(OCCCCOc2ccc(CC(=O)N(C)CCc3ccccc3)cc2)c(OC)c1. The number of nitrogens with zero attached hydrogens (tertiary/aromatic N) is 1. The molecular weight excluding hydrogens is 494 g/mol. The van der Waals surface area contributed by atoms with Gasteiger partial charge in [-0.15, -0.1) is 0 Å². The number of benzene rings is 3. The van der Waals surface area contributed by atoms with Crippen molar-refractivity contribution in [2.45, 2.75) is 38.5 Å². The van der Waals surface area contributed by atoms with Crippen LogP contribution in [-0.2, 0) is 33.6 Å². The third kappa shape index (κ3) is 10.3. The van der Waals surface area contributed by atoms with Crippen molar-refractivity contribution in [1.29, 1.82) is 0 Å². The third-order valence-electron chi connectivity index (χ3n) is 6.42. The molecule has 0 bridgehead atoms. The second-order valence-electron chi connectivity index (χ2n) is 9.34. The summed E-state index contributed by atoms with van der Waals surface area (Å²) in [6, 6.07) is 23.6. The molecule has 39 heavy (non-hydrogen) atoms. The number of likely N-dealkylation sites (N-methyl/N-ethyl adjacent to an activating group) is 1. The number of methoxy groups -OCH3 is 2. The van der Waals surface area contributed by atoms with Crippen LogP contribution in [0.2, 0.25) is 0 Å². The van der Waals surface area contributed by atoms with Crippen molar-refractivity contribution < 1.29 is 28.5 Å². The fraction of sp³-hybridized carbons (Fsp3) is 0.375. The topological polar surface area (TPSA) is 74.3 Å². The largest absolute Gasteiger partial charge is 0.494 e. The van der Waals surface area contributed by atoms with E-state index in [9.17, 15) is 9.59 Å². The van der Waals surface area contributed by atoms with Gasteiger partial charge in [0.2, 0.25) is 5.91 Å². The molecule has 0 saturated heterocycles. The van der Waals surface area contributed by atoms with Gasteiger partial charge >= 0.3 is 5.97 Å². The summed E-state index contributed by atoms with van der Waals surface area (Å²) in [6.07, 6.45) is 3.80. The quantitative estimate of drug-likeness (QED) is 0.184. The zero-order valence-electron chi connectivity index (χ0n) is 23.2. The Bertz CT molecular complexity index is 1160. The second kappa shape index (κ2) is 16.1. The van der Waals surface area contributed by atoms with E-state index in [0.29, 0.717) is 50.5 Å². The highest BCUT2D eigenvalue weighted by molar-refractivity contribution is 5.78. The molecule has 0 N–H and O–H groups in total. The minimum absolute atomic E-state index is 0.104. The number of ether oxygens (including phenoxy) is 4. The van der Waals surface area contributed by atoms with Gasteiger partial charge in [0.25, 0.3) is 0 Å². The first-order valence-electron chi connectivity index (χ1n) is 13.3. The van der Waals surface area contributed by atoms with Crippen LogP contribution in [0.15, 0.2) is 72.8 Å². The molecule has 7 nitrogen and oxygen atoms in total. The number of amides is 1. The number of esters is 1. The molecular formula is C32H39NO6. The molecule has 0 radical (unpaired) electrons. The number of hydrogen-bond donors (Lipinski definition) is 0. The molecule has 0 aliphatic heterocycles. The summed E-state index contributed by atoms with van der Waals surface area (Å²) in [6.45, 7) is 1.82. The highest BCUT2D eigenvalue weighted by Gasteiger charge is 2.11. The zero-order valence-corrected chi connectivity index (χ0v) is 23.2. The van der Waals surface area contributed by atoms with Gasteiger partial charge in [-0.2, -0.15) is 0 Å². The van der Waals surface area contributed by atoms with Crippen LogP contribution in [0.25, 0.3) is 0 Å². The minimum atomic E-state index is -0.236. The summed E-state index contributed by atoms with van der Waals surface area (Å²) in [5.74, 6) is 1.98. The van der Waals surface area contributed by atoms with Crippen LogP contribution in [-0.4, -0.2) is 57.8 Å². The average Bonchev–Trinajstić information content (AvgIpc) is 2.97. The van der Waals surface area contributed by atoms with Crippen LogP contribution in [0.1, 0.15) is 36.0 Å². The van der Waals surface area contributed by atoms with Crippen LogP contribution in [0.5, 0.6) is 17.2 Å². The number of rotatable bonds is 16. The molecule has 0 spiro atoms. The molecule has 1 amide bonds. The van der Waals surface area contributed by atoms with E-state index >= 15 is 0 Å². The number of hydrogen-bond acceptors (Lipinski definition) is 6. The Kier molecular flexibility index (Phi) is 12.2. The van der Waals surface area contributed by atoms with Gasteiger partial charge in [-0.05, 0) is 66.6 Å². The lowest BCUT2D eigenvalue weighted by atomic mass is 10.1. The van der Waals surface area contributed by atoms with Crippen molar-refractivity contribution in [2.24, 2.45) is 0 Å². The van der Waals surface area contributed by atoms with E-state index in [-0.39, 0.29) is 11.9 Å². The Morgan fingerprint density at radius 1 is 0.744 bits per heavy atom. The van der Waals surface area contributed by atoms with Gasteiger partial charge in [0.1, 0.15) is 5.75 Å². The van der Waals surface area contributed by atoms with Crippen molar-refractivity contribution in [3.05, 3.63) is 89.5 Å². The Balaban J connectivity index is 1.32. The Labute approximate surface area is 231 Å². The maximum atomic E-state index is 12.6. The summed E-state index contributed by atoms with van der Waals surface area (Å²) in [4.78, 5) is 25.7. The zero-order chi connectivity index (χ0) is 27.9. The second-order valence-corrected chi connectivity index (χ2v) is 9.34. The molecule has 0 heterocycles. The molecule has 3 aromatic carbocycles. The maximum absolute atomic E-state index is 12.6. The summed E-state index contributed by atoms with van der Waals surface area (Å²) < 4.78 is 21.9. The molecule has 0 saturated carbocycles. The average molecular weight is 534 g/mol. The minimum Gasteiger partial charge on any atom is -0.494 e. The summed E-state index contributed by atoms with van der Waals surface area (Å²) in [5, 5.41) is 0. The van der Waals surface area contributed by atoms with Gasteiger partial charge in [0.15, 0.2) is 11.5 Å². The third-order valence-corrected chi connectivity index (χ3v) is 6.42. The van der Waals surface area contributed by atoms with Gasteiger partial charge in [-0.3, -0.25) is 9.59 Å². The molecule has 0 aliphatic carbocycles. The van der Waals surface area contributed by atoms with Crippen molar-refractivity contribution >= 4 is 11.9 Å². The predicted octanol–water partition coefficient (Wildman–Crippen LogP) is 5.28. The fourth-order valence-electron chi connectivity index (χ4n) is 3.99. The molecule has 0 aromatic heterocycles. The maximum Gasteiger partial charge on any atom is 0.305 e. The van der Waals surface area contributed by atoms with Crippen molar-refractivity contribution in [3.63, 3.8) is 0 Å².